The molecule has 1 aromatic heterocycles. The Morgan fingerprint density at radius 3 is 2.31 bits per heavy atom. The van der Waals surface area contributed by atoms with E-state index in [1.165, 1.54) is 0 Å². The Hall–Kier alpha value is -4.42. The number of carbonyl (C=O) groups is 1. The predicted molar refractivity (Wildman–Crippen MR) is 152 cm³/mol. The maximum Gasteiger partial charge on any atom is 0.337 e. The number of fused-ring (bicyclic) bond motifs is 1. The number of hydrogen-bond acceptors (Lipinski definition) is 3. The van der Waals surface area contributed by atoms with Gasteiger partial charge in [0.05, 0.1) is 16.8 Å². The zero-order chi connectivity index (χ0) is 25.4. The molecule has 1 aliphatic rings. The lowest BCUT2D eigenvalue weighted by molar-refractivity contribution is -0.132. The molecule has 0 saturated heterocycles. The number of aromatic nitrogens is 1. The first kappa shape index (κ1) is 23.3. The Morgan fingerprint density at radius 1 is 0.889 bits per heavy atom. The lowest BCUT2D eigenvalue weighted by atomic mass is 9.98. The summed E-state index contributed by atoms with van der Waals surface area (Å²) in [6.07, 6.45) is 5.45. The number of para-hydroxylation sites is 1. The van der Waals surface area contributed by atoms with Crippen LogP contribution in [0.2, 0.25) is 0 Å². The smallest absolute Gasteiger partial charge is 0.337 e. The van der Waals surface area contributed by atoms with Gasteiger partial charge in [0.1, 0.15) is 0 Å². The van der Waals surface area contributed by atoms with Gasteiger partial charge < -0.3 is 15.7 Å². The van der Waals surface area contributed by atoms with Gasteiger partial charge in [-0.15, -0.1) is 9.39 Å². The van der Waals surface area contributed by atoms with E-state index >= 15 is 0 Å². The topological polar surface area (TPSA) is 71.5 Å². The van der Waals surface area contributed by atoms with E-state index in [1.54, 1.807) is 17.3 Å². The molecule has 0 aliphatic carbocycles. The fraction of sp³-hybridized carbons (Fsp3) is 0.0333. The van der Waals surface area contributed by atoms with E-state index in [0.717, 1.165) is 32.5 Å². The van der Waals surface area contributed by atoms with Crippen LogP contribution in [-0.4, -0.2) is 31.7 Å². The normalized spacial score (nSPS) is 14.0. The third kappa shape index (κ3) is 4.01. The zero-order valence-electron chi connectivity index (χ0n) is 19.8. The average molecular weight is 494 g/mol. The lowest BCUT2D eigenvalue weighted by Gasteiger charge is -2.24. The van der Waals surface area contributed by atoms with Crippen molar-refractivity contribution in [3.63, 3.8) is 0 Å². The minimum Gasteiger partial charge on any atom is -0.478 e. The van der Waals surface area contributed by atoms with E-state index in [1.807, 2.05) is 42.5 Å². The molecule has 3 N–H and O–H groups in total. The second-order valence-corrected chi connectivity index (χ2v) is 11.3. The molecule has 0 saturated carbocycles. The van der Waals surface area contributed by atoms with E-state index in [9.17, 15) is 9.90 Å². The summed E-state index contributed by atoms with van der Waals surface area (Å²) in [6, 6.07) is 26.6. The molecule has 0 radical (unpaired) electrons. The number of aliphatic carboxylic acids is 1. The third-order valence-electron chi connectivity index (χ3n) is 6.40. The van der Waals surface area contributed by atoms with E-state index in [-0.39, 0.29) is 5.57 Å². The molecule has 0 fully saturated rings. The summed E-state index contributed by atoms with van der Waals surface area (Å²) in [6.45, 7) is 4.26. The first-order chi connectivity index (χ1) is 17.3. The van der Waals surface area contributed by atoms with Gasteiger partial charge in [0.25, 0.3) is 0 Å². The number of nitrogens with two attached hydrogens (primary N) is 1. The summed E-state index contributed by atoms with van der Waals surface area (Å²) in [4.78, 5) is 14.6. The van der Waals surface area contributed by atoms with Crippen LogP contribution in [0, 0.1) is 0 Å². The minimum atomic E-state index is -1.83. The summed E-state index contributed by atoms with van der Waals surface area (Å²) >= 11 is 0. The molecule has 0 bridgehead atoms. The van der Waals surface area contributed by atoms with Crippen molar-refractivity contribution in [3.05, 3.63) is 126 Å². The van der Waals surface area contributed by atoms with Crippen LogP contribution >= 0.6 is 9.39 Å². The molecule has 2 heterocycles. The van der Waals surface area contributed by atoms with Crippen molar-refractivity contribution in [1.82, 2.24) is 8.87 Å². The Morgan fingerprint density at radius 2 is 1.56 bits per heavy atom. The average Bonchev–Trinajstić information content (AvgIpc) is 3.27. The number of nitrogens with zero attached hydrogens (tertiary/aromatic N) is 2. The highest BCUT2D eigenvalue weighted by molar-refractivity contribution is 8.26. The van der Waals surface area contributed by atoms with Crippen LogP contribution < -0.4 is 5.73 Å². The standard InChI is InChI=1S/C30H27N3O2S/c1-21-26(30(34)35)18-32(20-28(21)31)17-22-11-7-8-14-24(22)27-19-33(29-16-10-9-15-25(27)29)36(2,3)23-12-5-4-6-13-23/h4-16,18-20H,1-3,17,31H2,(H,34,35). The highest BCUT2D eigenvalue weighted by Crippen LogP contribution is 2.42. The number of rotatable bonds is 6. The Balaban J connectivity index is 1.63. The number of allylic oxidation sites excluding steroid dienone is 1. The highest BCUT2D eigenvalue weighted by atomic mass is 32.2. The monoisotopic (exact) mass is 493 g/mol. The quantitative estimate of drug-likeness (QED) is 0.326. The lowest BCUT2D eigenvalue weighted by Crippen LogP contribution is -2.22. The SMILES string of the molecule is C=C1C(N)=CN(Cc2ccccc2-c2cn(S(=C)(=C)c3ccccc3)c3ccccc23)C=C1C(=O)O. The van der Waals surface area contributed by atoms with E-state index in [0.29, 0.717) is 17.8 Å². The van der Waals surface area contributed by atoms with Crippen molar-refractivity contribution in [2.75, 3.05) is 0 Å². The van der Waals surface area contributed by atoms with Gasteiger partial charge in [0, 0.05) is 46.6 Å². The molecule has 180 valence electrons. The Kier molecular flexibility index (Phi) is 5.82. The zero-order valence-corrected chi connectivity index (χ0v) is 20.6. The van der Waals surface area contributed by atoms with Crippen LogP contribution in [0.5, 0.6) is 0 Å². The Bertz CT molecular complexity index is 1680. The fourth-order valence-corrected chi connectivity index (χ4v) is 6.26. The van der Waals surface area contributed by atoms with Crippen LogP contribution in [0.1, 0.15) is 5.56 Å². The minimum absolute atomic E-state index is 0.0921. The van der Waals surface area contributed by atoms with Gasteiger partial charge in [0.15, 0.2) is 0 Å². The van der Waals surface area contributed by atoms with Crippen molar-refractivity contribution in [2.45, 2.75) is 11.4 Å². The van der Waals surface area contributed by atoms with Gasteiger partial charge in [-0.05, 0) is 29.3 Å². The van der Waals surface area contributed by atoms with E-state index in [4.69, 9.17) is 5.73 Å². The molecule has 0 atom stereocenters. The number of hydrogen-bond donors (Lipinski definition) is 2. The van der Waals surface area contributed by atoms with E-state index < -0.39 is 15.4 Å². The molecule has 36 heavy (non-hydrogen) atoms. The van der Waals surface area contributed by atoms with Crippen molar-refractivity contribution in [1.29, 1.82) is 0 Å². The summed E-state index contributed by atoms with van der Waals surface area (Å²) in [5.74, 6) is 8.06. The molecule has 5 nitrogen and oxygen atoms in total. The van der Waals surface area contributed by atoms with Crippen LogP contribution in [0.4, 0.5) is 0 Å². The van der Waals surface area contributed by atoms with Crippen LogP contribution in [-0.2, 0) is 11.3 Å². The highest BCUT2D eigenvalue weighted by Gasteiger charge is 2.21. The molecule has 1 aliphatic heterocycles. The predicted octanol–water partition coefficient (Wildman–Crippen LogP) is 5.94. The molecule has 0 amide bonds. The Labute approximate surface area is 211 Å². The van der Waals surface area contributed by atoms with Crippen molar-refractivity contribution < 1.29 is 9.90 Å². The number of benzene rings is 3. The maximum absolute atomic E-state index is 11.7. The summed E-state index contributed by atoms with van der Waals surface area (Å²) in [5.41, 5.74) is 11.1. The molecule has 0 unspecified atom stereocenters. The molecule has 5 rings (SSSR count). The van der Waals surface area contributed by atoms with Gasteiger partial charge in [-0.3, -0.25) is 3.97 Å². The van der Waals surface area contributed by atoms with Crippen molar-refractivity contribution in [3.8, 4) is 11.1 Å². The van der Waals surface area contributed by atoms with Crippen molar-refractivity contribution >= 4 is 38.0 Å². The maximum atomic E-state index is 11.7. The fourth-order valence-electron chi connectivity index (χ4n) is 4.53. The summed E-state index contributed by atoms with van der Waals surface area (Å²) < 4.78 is 2.20. The van der Waals surface area contributed by atoms with Gasteiger partial charge in [0.2, 0.25) is 0 Å². The largest absolute Gasteiger partial charge is 0.478 e. The van der Waals surface area contributed by atoms with E-state index in [2.05, 4.69) is 64.9 Å². The van der Waals surface area contributed by atoms with Crippen molar-refractivity contribution in [2.24, 2.45) is 5.73 Å². The molecular weight excluding hydrogens is 466 g/mol. The summed E-state index contributed by atoms with van der Waals surface area (Å²) in [7, 11) is -1.83. The van der Waals surface area contributed by atoms with Gasteiger partial charge in [-0.25, -0.2) is 4.79 Å². The second kappa shape index (κ2) is 8.98. The first-order valence-corrected chi connectivity index (χ1v) is 13.3. The molecule has 4 aromatic rings. The molecule has 6 heteroatoms. The molecular formula is C30H27N3O2S. The van der Waals surface area contributed by atoms with Gasteiger partial charge in [-0.2, -0.15) is 0 Å². The van der Waals surface area contributed by atoms with Gasteiger partial charge >= 0.3 is 5.97 Å². The van der Waals surface area contributed by atoms with Gasteiger partial charge in [-0.1, -0.05) is 79.0 Å². The van der Waals surface area contributed by atoms with Crippen LogP contribution in [0.15, 0.2) is 126 Å². The first-order valence-electron chi connectivity index (χ1n) is 11.4. The molecule has 0 spiro atoms. The third-order valence-corrected chi connectivity index (χ3v) is 8.61. The number of carboxylic acids is 1. The summed E-state index contributed by atoms with van der Waals surface area (Å²) in [5, 5.41) is 10.7. The molecule has 3 aromatic carbocycles. The number of carboxylic acid groups (broad SMARTS) is 1. The van der Waals surface area contributed by atoms with Crippen LogP contribution in [0.3, 0.4) is 0 Å². The second-order valence-electron chi connectivity index (χ2n) is 8.78. The van der Waals surface area contributed by atoms with Crippen LogP contribution in [0.25, 0.3) is 22.0 Å².